The number of carbonyl (C=O) groups excluding carboxylic acids is 1. The first kappa shape index (κ1) is 27.7. The minimum absolute atomic E-state index is 0.240. The van der Waals surface area contributed by atoms with E-state index in [9.17, 15) is 4.79 Å². The number of benzene rings is 4. The third kappa shape index (κ3) is 8.07. The van der Waals surface area contributed by atoms with Crippen LogP contribution in [0.15, 0.2) is 101 Å². The predicted molar refractivity (Wildman–Crippen MR) is 156 cm³/mol. The van der Waals surface area contributed by atoms with Crippen LogP contribution in [-0.4, -0.2) is 56.7 Å². The van der Waals surface area contributed by atoms with Gasteiger partial charge in [-0.2, -0.15) is 0 Å². The van der Waals surface area contributed by atoms with Crippen molar-refractivity contribution in [3.05, 3.63) is 107 Å². The zero-order chi connectivity index (χ0) is 26.9. The number of carbonyl (C=O) groups is 2. The Kier molecular flexibility index (Phi) is 9.79. The van der Waals surface area contributed by atoms with E-state index in [0.29, 0.717) is 16.7 Å². The van der Waals surface area contributed by atoms with E-state index in [2.05, 4.69) is 52.8 Å². The Labute approximate surface area is 243 Å². The van der Waals surface area contributed by atoms with Gasteiger partial charge in [0.25, 0.3) is 5.97 Å². The van der Waals surface area contributed by atoms with E-state index in [4.69, 9.17) is 14.6 Å². The Balaban J connectivity index is 0.000000786. The number of carboxylic acids is 1. The van der Waals surface area contributed by atoms with E-state index in [1.165, 1.54) is 20.1 Å². The van der Waals surface area contributed by atoms with Crippen molar-refractivity contribution >= 4 is 82.1 Å². The van der Waals surface area contributed by atoms with Crippen molar-refractivity contribution in [2.75, 3.05) is 11.9 Å². The number of anilines is 1. The van der Waals surface area contributed by atoms with Crippen LogP contribution in [0.1, 0.15) is 18.1 Å². The molecule has 0 atom stereocenters. The van der Waals surface area contributed by atoms with Gasteiger partial charge >= 0.3 is 143 Å². The second-order valence-electron chi connectivity index (χ2n) is 8.66. The minimum Gasteiger partial charge on any atom is -0.0622 e. The summed E-state index contributed by atoms with van der Waals surface area (Å²) in [4.78, 5) is 26.4. The molecule has 1 aliphatic rings. The van der Waals surface area contributed by atoms with Crippen LogP contribution in [-0.2, 0) is 16.0 Å². The summed E-state index contributed by atoms with van der Waals surface area (Å²) in [5.74, 6) is -0.310. The van der Waals surface area contributed by atoms with Gasteiger partial charge in [-0.1, -0.05) is 54.6 Å². The van der Waals surface area contributed by atoms with Crippen molar-refractivity contribution < 1.29 is 19.4 Å². The molecule has 1 amide bonds. The first-order chi connectivity index (χ1) is 18.4. The minimum atomic E-state index is -0.833. The molecule has 0 unspecified atom stereocenters. The summed E-state index contributed by atoms with van der Waals surface area (Å²) >= 11 is 2.36. The molecule has 4 aromatic rings. The number of nitrogens with one attached hydrogen (secondary N) is 1. The number of hydrogen-bond donors (Lipinski definition) is 2. The molecule has 5 rings (SSSR count). The summed E-state index contributed by atoms with van der Waals surface area (Å²) < 4.78 is 7.53. The number of fused-ring (bicyclic) bond motifs is 1. The molecule has 0 fully saturated rings. The molecule has 0 radical (unpaired) electrons. The maximum atomic E-state index is 12.7. The van der Waals surface area contributed by atoms with Crippen molar-refractivity contribution in [1.82, 2.24) is 0 Å². The second-order valence-corrected chi connectivity index (χ2v) is 10.8. The predicted octanol–water partition coefficient (Wildman–Crippen LogP) is 5.43. The zero-order valence-corrected chi connectivity index (χ0v) is 24.0. The van der Waals surface area contributed by atoms with Crippen molar-refractivity contribution in [2.45, 2.75) is 13.3 Å². The van der Waals surface area contributed by atoms with Gasteiger partial charge in [-0.05, 0) is 10.9 Å². The van der Waals surface area contributed by atoms with Gasteiger partial charge in [0.05, 0.1) is 6.61 Å². The maximum absolute atomic E-state index is 12.7. The van der Waals surface area contributed by atoms with Crippen LogP contribution in [0.4, 0.5) is 5.69 Å². The van der Waals surface area contributed by atoms with E-state index in [1.807, 2.05) is 54.6 Å². The Morgan fingerprint density at radius 2 is 1.63 bits per heavy atom. The molecule has 38 heavy (non-hydrogen) atoms. The molecule has 186 valence electrons. The standard InChI is InChI=1S/C28H21N2O2S.C2H4O2.Na/c31-27-26(33-28(30-27)29-24-13-5-2-6-14-24)19-23-17-21-11-7-8-12-22(21)18-25(23)32-16-15-20-9-3-1-4-10-20;1-2(3)4;/h1,3-14,17-19H,15-16H2,(H,29,30,31);1H3,(H,3,4);/b26-19+;;. The van der Waals surface area contributed by atoms with Crippen molar-refractivity contribution in [2.24, 2.45) is 4.99 Å². The molecule has 8 heteroatoms. The van der Waals surface area contributed by atoms with Gasteiger partial charge < -0.3 is 5.11 Å². The van der Waals surface area contributed by atoms with Gasteiger partial charge in [-0.25, -0.2) is 0 Å². The summed E-state index contributed by atoms with van der Waals surface area (Å²) in [6.45, 7) is 1.64. The summed E-state index contributed by atoms with van der Waals surface area (Å²) in [7, 11) is 0. The fourth-order valence-electron chi connectivity index (χ4n) is 3.76. The van der Waals surface area contributed by atoms with E-state index in [-0.39, 0.29) is 5.91 Å². The van der Waals surface area contributed by atoms with Crippen molar-refractivity contribution in [3.63, 3.8) is 0 Å². The molecule has 0 saturated heterocycles. The van der Waals surface area contributed by atoms with E-state index >= 15 is 0 Å². The number of amidine groups is 1. The van der Waals surface area contributed by atoms with E-state index in [1.54, 1.807) is 0 Å². The Morgan fingerprint density at radius 3 is 2.32 bits per heavy atom. The summed E-state index contributed by atoms with van der Waals surface area (Å²) in [6, 6.07) is 30.8. The first-order valence-electron chi connectivity index (χ1n) is 12.1. The van der Waals surface area contributed by atoms with Crippen molar-refractivity contribution in [3.8, 4) is 5.75 Å². The molecule has 0 spiro atoms. The van der Waals surface area contributed by atoms with Gasteiger partial charge in [-0.15, -0.1) is 0 Å². The molecule has 6 nitrogen and oxygen atoms in total. The number of amides is 1. The van der Waals surface area contributed by atoms with Crippen LogP contribution in [0, 0.1) is 0 Å². The molecule has 0 bridgehead atoms. The zero-order valence-electron chi connectivity index (χ0n) is 21.2. The quantitative estimate of drug-likeness (QED) is 0.254. The molecule has 2 N–H and O–H groups in total. The van der Waals surface area contributed by atoms with Crippen LogP contribution in [0.5, 0.6) is 5.75 Å². The number of hydrogen-bond acceptors (Lipinski definition) is 5. The molecule has 0 aliphatic carbocycles. The van der Waals surface area contributed by atoms with Crippen LogP contribution in [0.3, 0.4) is 0 Å². The molecule has 0 aromatic heterocycles. The van der Waals surface area contributed by atoms with Gasteiger partial charge in [0.2, 0.25) is 0 Å². The normalized spacial score (nSPS) is 13.6. The van der Waals surface area contributed by atoms with Crippen LogP contribution < -0.4 is 12.9 Å². The SMILES string of the molecule is CC(=O)O.O=C1N=C(Nc2cc[c]([Na])cc2)S/C1=C/c1cc2ccccc2cc1OCCc1ccccc1. The topological polar surface area (TPSA) is 88.0 Å². The molecule has 0 saturated carbocycles. The second kappa shape index (κ2) is 13.4. The number of nitrogens with zero attached hydrogens (tertiary/aromatic N) is 1. The molecular weight excluding hydrogens is 507 g/mol. The molecular formula is C30H25N2NaO4S. The Bertz CT molecular complexity index is 1500. The average molecular weight is 533 g/mol. The number of thioether (sulfide) groups is 1. The molecule has 1 aliphatic heterocycles. The fourth-order valence-corrected chi connectivity index (χ4v) is 4.92. The van der Waals surface area contributed by atoms with Gasteiger partial charge in [0, 0.05) is 13.3 Å². The fraction of sp³-hybridized carbons (Fsp3) is 0.100. The monoisotopic (exact) mass is 532 g/mol. The number of aliphatic imine (C=N–C) groups is 1. The number of aliphatic carboxylic acids is 1. The van der Waals surface area contributed by atoms with Crippen LogP contribution in [0.25, 0.3) is 16.8 Å². The van der Waals surface area contributed by atoms with Crippen molar-refractivity contribution in [1.29, 1.82) is 0 Å². The first-order valence-corrected chi connectivity index (χ1v) is 13.9. The third-order valence-corrected chi connectivity index (χ3v) is 7.14. The number of ether oxygens (including phenoxy) is 1. The van der Waals surface area contributed by atoms with Gasteiger partial charge in [-0.3, -0.25) is 4.79 Å². The van der Waals surface area contributed by atoms with E-state index in [0.717, 1.165) is 69.0 Å². The molecule has 1 heterocycles. The molecule has 4 aromatic carbocycles. The van der Waals surface area contributed by atoms with Gasteiger partial charge in [0.1, 0.15) is 0 Å². The third-order valence-electron chi connectivity index (χ3n) is 5.58. The summed E-state index contributed by atoms with van der Waals surface area (Å²) in [5.41, 5.74) is 3.03. The van der Waals surface area contributed by atoms with E-state index < -0.39 is 5.97 Å². The summed E-state index contributed by atoms with van der Waals surface area (Å²) in [5, 5.41) is 13.5. The average Bonchev–Trinajstić information content (AvgIpc) is 3.24. The Hall–Kier alpha value is -3.36. The Morgan fingerprint density at radius 1 is 1.00 bits per heavy atom. The number of carboxylic acid groups (broad SMARTS) is 1. The number of rotatable bonds is 6. The smallest absolute Gasteiger partial charge is 0.0622 e. The van der Waals surface area contributed by atoms with Gasteiger partial charge in [0.15, 0.2) is 0 Å². The van der Waals surface area contributed by atoms with Crippen LogP contribution >= 0.6 is 11.8 Å². The van der Waals surface area contributed by atoms with Crippen LogP contribution in [0.2, 0.25) is 0 Å². The summed E-state index contributed by atoms with van der Waals surface area (Å²) in [6.07, 6.45) is 2.70.